The van der Waals surface area contributed by atoms with Gasteiger partial charge in [0.2, 0.25) is 0 Å². The van der Waals surface area contributed by atoms with Gasteiger partial charge in [-0.15, -0.1) is 0 Å². The third-order valence-electron chi connectivity index (χ3n) is 3.58. The van der Waals surface area contributed by atoms with Crippen LogP contribution in [0.4, 0.5) is 11.4 Å². The Morgan fingerprint density at radius 1 is 0.750 bits per heavy atom. The van der Waals surface area contributed by atoms with Gasteiger partial charge in [0.25, 0.3) is 0 Å². The van der Waals surface area contributed by atoms with Gasteiger partial charge in [0.05, 0.1) is 5.69 Å². The lowest BCUT2D eigenvalue weighted by atomic mass is 10.1. The SMILES string of the molecule is C(=Nc1ccccc1)/C(=C\Nc1ccccc1)Cc1ccccc1. The van der Waals surface area contributed by atoms with Crippen molar-refractivity contribution in [3.8, 4) is 0 Å². The van der Waals surface area contributed by atoms with E-state index in [0.29, 0.717) is 0 Å². The Morgan fingerprint density at radius 3 is 2.00 bits per heavy atom. The summed E-state index contributed by atoms with van der Waals surface area (Å²) in [4.78, 5) is 4.58. The highest BCUT2D eigenvalue weighted by Crippen LogP contribution is 2.13. The number of rotatable bonds is 6. The number of benzene rings is 3. The Kier molecular flexibility index (Phi) is 5.57. The number of hydrogen-bond donors (Lipinski definition) is 1. The summed E-state index contributed by atoms with van der Waals surface area (Å²) in [7, 11) is 0. The van der Waals surface area contributed by atoms with E-state index in [-0.39, 0.29) is 0 Å². The number of nitrogens with one attached hydrogen (secondary N) is 1. The lowest BCUT2D eigenvalue weighted by Crippen LogP contribution is -1.97. The third-order valence-corrected chi connectivity index (χ3v) is 3.58. The summed E-state index contributed by atoms with van der Waals surface area (Å²) in [5, 5.41) is 3.35. The molecule has 2 heteroatoms. The van der Waals surface area contributed by atoms with Crippen molar-refractivity contribution < 1.29 is 0 Å². The van der Waals surface area contributed by atoms with Gasteiger partial charge < -0.3 is 5.32 Å². The van der Waals surface area contributed by atoms with Crippen LogP contribution in [0.25, 0.3) is 0 Å². The topological polar surface area (TPSA) is 24.4 Å². The molecule has 0 spiro atoms. The third kappa shape index (κ3) is 4.96. The van der Waals surface area contributed by atoms with Gasteiger partial charge in [-0.2, -0.15) is 0 Å². The minimum Gasteiger partial charge on any atom is -0.361 e. The lowest BCUT2D eigenvalue weighted by molar-refractivity contribution is 1.22. The van der Waals surface area contributed by atoms with E-state index in [9.17, 15) is 0 Å². The highest BCUT2D eigenvalue weighted by Gasteiger charge is 1.98. The molecule has 0 aliphatic rings. The van der Waals surface area contributed by atoms with Gasteiger partial charge >= 0.3 is 0 Å². The molecule has 1 N–H and O–H groups in total. The Morgan fingerprint density at radius 2 is 1.33 bits per heavy atom. The number of aliphatic imine (C=N–C) groups is 1. The molecule has 0 saturated heterocycles. The van der Waals surface area contributed by atoms with E-state index in [0.717, 1.165) is 23.4 Å². The fourth-order valence-electron chi connectivity index (χ4n) is 2.35. The van der Waals surface area contributed by atoms with Gasteiger partial charge in [0.15, 0.2) is 0 Å². The largest absolute Gasteiger partial charge is 0.361 e. The minimum absolute atomic E-state index is 0.830. The van der Waals surface area contributed by atoms with Crippen molar-refractivity contribution in [1.29, 1.82) is 0 Å². The van der Waals surface area contributed by atoms with Crippen LogP contribution in [-0.4, -0.2) is 6.21 Å². The molecule has 0 amide bonds. The first-order valence-electron chi connectivity index (χ1n) is 8.04. The van der Waals surface area contributed by atoms with Crippen molar-refractivity contribution in [3.05, 3.63) is 108 Å². The zero-order valence-electron chi connectivity index (χ0n) is 13.5. The molecule has 0 heterocycles. The summed E-state index contributed by atoms with van der Waals surface area (Å²) in [6, 6.07) is 30.6. The molecule has 2 nitrogen and oxygen atoms in total. The van der Waals surface area contributed by atoms with Crippen LogP contribution in [0.2, 0.25) is 0 Å². The molecule has 0 unspecified atom stereocenters. The van der Waals surface area contributed by atoms with Crippen LogP contribution in [0.15, 0.2) is 108 Å². The van der Waals surface area contributed by atoms with Gasteiger partial charge in [0, 0.05) is 24.5 Å². The Bertz CT molecular complexity index is 791. The van der Waals surface area contributed by atoms with Crippen LogP contribution in [0.5, 0.6) is 0 Å². The second kappa shape index (κ2) is 8.49. The normalized spacial score (nSPS) is 11.6. The average molecular weight is 312 g/mol. The van der Waals surface area contributed by atoms with Gasteiger partial charge in [0.1, 0.15) is 0 Å². The van der Waals surface area contributed by atoms with Crippen molar-refractivity contribution in [3.63, 3.8) is 0 Å². The van der Waals surface area contributed by atoms with Gasteiger partial charge in [-0.1, -0.05) is 66.7 Å². The standard InChI is InChI=1S/C22H20N2/c1-4-10-19(11-5-1)16-20(17-23-21-12-6-2-7-13-21)18-24-22-14-8-3-9-15-22/h1-15,17-18,23H,16H2/b20-17-,24-18?. The van der Waals surface area contributed by atoms with E-state index < -0.39 is 0 Å². The minimum atomic E-state index is 0.830. The molecular weight excluding hydrogens is 292 g/mol. The molecular formula is C22H20N2. The average Bonchev–Trinajstić information content (AvgIpc) is 2.66. The maximum atomic E-state index is 4.58. The van der Waals surface area contributed by atoms with Crippen LogP contribution in [0, 0.1) is 0 Å². The molecule has 3 aromatic rings. The number of nitrogens with zero attached hydrogens (tertiary/aromatic N) is 1. The highest BCUT2D eigenvalue weighted by atomic mass is 14.8. The Balaban J connectivity index is 1.78. The molecule has 3 aromatic carbocycles. The van der Waals surface area contributed by atoms with E-state index in [1.807, 2.05) is 79.1 Å². The second-order valence-electron chi connectivity index (χ2n) is 5.49. The monoisotopic (exact) mass is 312 g/mol. The summed E-state index contributed by atoms with van der Waals surface area (Å²) < 4.78 is 0. The predicted molar refractivity (Wildman–Crippen MR) is 103 cm³/mol. The quantitative estimate of drug-likeness (QED) is 0.586. The van der Waals surface area contributed by atoms with Crippen molar-refractivity contribution in [2.75, 3.05) is 5.32 Å². The number of para-hydroxylation sites is 2. The zero-order chi connectivity index (χ0) is 16.5. The Labute approximate surface area is 143 Å². The second-order valence-corrected chi connectivity index (χ2v) is 5.49. The first kappa shape index (κ1) is 15.8. The molecule has 0 aromatic heterocycles. The first-order valence-corrected chi connectivity index (χ1v) is 8.04. The molecule has 0 fully saturated rings. The maximum Gasteiger partial charge on any atom is 0.0629 e. The van der Waals surface area contributed by atoms with Crippen molar-refractivity contribution in [1.82, 2.24) is 0 Å². The molecule has 0 aliphatic heterocycles. The van der Waals surface area contributed by atoms with Crippen LogP contribution in [-0.2, 0) is 6.42 Å². The van der Waals surface area contributed by atoms with Crippen LogP contribution in [0.1, 0.15) is 5.56 Å². The van der Waals surface area contributed by atoms with E-state index >= 15 is 0 Å². The van der Waals surface area contributed by atoms with E-state index in [1.165, 1.54) is 5.56 Å². The summed E-state index contributed by atoms with van der Waals surface area (Å²) in [6.07, 6.45) is 4.78. The van der Waals surface area contributed by atoms with Crippen molar-refractivity contribution in [2.24, 2.45) is 4.99 Å². The summed E-state index contributed by atoms with van der Waals surface area (Å²) in [6.45, 7) is 0. The molecule has 0 radical (unpaired) electrons. The van der Waals surface area contributed by atoms with E-state index in [2.05, 4.69) is 34.6 Å². The lowest BCUT2D eigenvalue weighted by Gasteiger charge is -2.05. The smallest absolute Gasteiger partial charge is 0.0629 e. The fourth-order valence-corrected chi connectivity index (χ4v) is 2.35. The first-order chi connectivity index (χ1) is 11.9. The number of anilines is 1. The number of hydrogen-bond acceptors (Lipinski definition) is 2. The van der Waals surface area contributed by atoms with Crippen LogP contribution >= 0.6 is 0 Å². The molecule has 0 atom stereocenters. The number of allylic oxidation sites excluding steroid dienone is 1. The fraction of sp³-hybridized carbons (Fsp3) is 0.0455. The molecule has 0 aliphatic carbocycles. The van der Waals surface area contributed by atoms with Crippen LogP contribution in [0.3, 0.4) is 0 Å². The summed E-state index contributed by atoms with van der Waals surface area (Å²) >= 11 is 0. The van der Waals surface area contributed by atoms with Crippen molar-refractivity contribution >= 4 is 17.6 Å². The Hall–Kier alpha value is -3.13. The molecule has 0 bridgehead atoms. The van der Waals surface area contributed by atoms with E-state index in [1.54, 1.807) is 0 Å². The van der Waals surface area contributed by atoms with Gasteiger partial charge in [-0.05, 0) is 35.4 Å². The highest BCUT2D eigenvalue weighted by molar-refractivity contribution is 5.82. The summed E-state index contributed by atoms with van der Waals surface area (Å²) in [5.74, 6) is 0. The van der Waals surface area contributed by atoms with E-state index in [4.69, 9.17) is 0 Å². The van der Waals surface area contributed by atoms with Gasteiger partial charge in [-0.25, -0.2) is 0 Å². The summed E-state index contributed by atoms with van der Waals surface area (Å²) in [5.41, 5.74) is 4.40. The predicted octanol–water partition coefficient (Wildman–Crippen LogP) is 5.63. The molecule has 3 rings (SSSR count). The van der Waals surface area contributed by atoms with Crippen LogP contribution < -0.4 is 5.32 Å². The van der Waals surface area contributed by atoms with Crippen molar-refractivity contribution in [2.45, 2.75) is 6.42 Å². The molecule has 118 valence electrons. The van der Waals surface area contributed by atoms with Gasteiger partial charge in [-0.3, -0.25) is 4.99 Å². The molecule has 24 heavy (non-hydrogen) atoms. The maximum absolute atomic E-state index is 4.58. The zero-order valence-corrected chi connectivity index (χ0v) is 13.5. The molecule has 0 saturated carbocycles.